The molecule has 1 aromatic carbocycles. The van der Waals surface area contributed by atoms with E-state index in [9.17, 15) is 19.2 Å². The maximum absolute atomic E-state index is 11.1. The van der Waals surface area contributed by atoms with E-state index in [1.54, 1.807) is 0 Å². The second-order valence-corrected chi connectivity index (χ2v) is 3.52. The van der Waals surface area contributed by atoms with Crippen LogP contribution in [0.5, 0.6) is 0 Å². The quantitative estimate of drug-likeness (QED) is 0.343. The zero-order valence-corrected chi connectivity index (χ0v) is 9.73. The third-order valence-corrected chi connectivity index (χ3v) is 2.32. The van der Waals surface area contributed by atoms with Crippen molar-refractivity contribution in [1.29, 1.82) is 0 Å². The number of hydrogen-bond donors (Lipinski definition) is 4. The van der Waals surface area contributed by atoms with Crippen molar-refractivity contribution >= 4 is 29.5 Å². The summed E-state index contributed by atoms with van der Waals surface area (Å²) in [6, 6.07) is 4.64. The highest BCUT2D eigenvalue weighted by molar-refractivity contribution is 6.32. The Morgan fingerprint density at radius 3 is 1.50 bits per heavy atom. The van der Waals surface area contributed by atoms with Crippen LogP contribution < -0.4 is 0 Å². The Labute approximate surface area is 111 Å². The van der Waals surface area contributed by atoms with Crippen molar-refractivity contribution in [2.75, 3.05) is 0 Å². The van der Waals surface area contributed by atoms with E-state index in [1.807, 2.05) is 0 Å². The fourth-order valence-corrected chi connectivity index (χ4v) is 1.55. The Hall–Kier alpha value is -3.16. The van der Waals surface area contributed by atoms with Crippen LogP contribution >= 0.6 is 0 Å². The molecule has 0 atom stereocenters. The minimum Gasteiger partial charge on any atom is -0.478 e. The third-order valence-electron chi connectivity index (χ3n) is 2.32. The van der Waals surface area contributed by atoms with Gasteiger partial charge in [0.05, 0.1) is 11.1 Å². The van der Waals surface area contributed by atoms with Crippen molar-refractivity contribution in [1.82, 2.24) is 0 Å². The van der Waals surface area contributed by atoms with Crippen molar-refractivity contribution in [3.05, 3.63) is 41.0 Å². The molecule has 0 fully saturated rings. The molecular formula is C12H8O8. The van der Waals surface area contributed by atoms with Crippen molar-refractivity contribution in [3.8, 4) is 0 Å². The van der Waals surface area contributed by atoms with E-state index in [4.69, 9.17) is 20.4 Å². The summed E-state index contributed by atoms with van der Waals surface area (Å²) in [6.45, 7) is 0. The van der Waals surface area contributed by atoms with Crippen molar-refractivity contribution in [2.45, 2.75) is 0 Å². The summed E-state index contributed by atoms with van der Waals surface area (Å²) in [7, 11) is 0. The summed E-state index contributed by atoms with van der Waals surface area (Å²) in [5.41, 5.74) is -3.51. The molecule has 104 valence electrons. The number of rotatable bonds is 5. The minimum absolute atomic E-state index is 0.493. The number of carboxylic acid groups (broad SMARTS) is 4. The highest BCUT2D eigenvalue weighted by Crippen LogP contribution is 2.24. The van der Waals surface area contributed by atoms with Crippen LogP contribution in [0, 0.1) is 0 Å². The average Bonchev–Trinajstić information content (AvgIpc) is 2.34. The summed E-state index contributed by atoms with van der Waals surface area (Å²) in [5, 5.41) is 35.6. The van der Waals surface area contributed by atoms with Gasteiger partial charge in [-0.25, -0.2) is 19.2 Å². The molecule has 0 aliphatic carbocycles. The van der Waals surface area contributed by atoms with E-state index >= 15 is 0 Å². The van der Waals surface area contributed by atoms with Crippen molar-refractivity contribution in [3.63, 3.8) is 0 Å². The van der Waals surface area contributed by atoms with Crippen LogP contribution in [0.4, 0.5) is 0 Å². The van der Waals surface area contributed by atoms with Gasteiger partial charge >= 0.3 is 23.9 Å². The predicted molar refractivity (Wildman–Crippen MR) is 63.2 cm³/mol. The second kappa shape index (κ2) is 5.65. The molecule has 0 heterocycles. The van der Waals surface area contributed by atoms with Crippen LogP contribution in [-0.2, 0) is 14.4 Å². The Kier molecular flexibility index (Phi) is 4.21. The number of benzene rings is 1. The fourth-order valence-electron chi connectivity index (χ4n) is 1.55. The van der Waals surface area contributed by atoms with Crippen LogP contribution in [0.1, 0.15) is 15.9 Å². The first-order valence-electron chi connectivity index (χ1n) is 5.04. The van der Waals surface area contributed by atoms with E-state index in [-0.39, 0.29) is 0 Å². The Balaban J connectivity index is 3.79. The molecule has 0 amide bonds. The summed E-state index contributed by atoms with van der Waals surface area (Å²) >= 11 is 0. The van der Waals surface area contributed by atoms with E-state index in [2.05, 4.69) is 0 Å². The van der Waals surface area contributed by atoms with Crippen LogP contribution in [0.2, 0.25) is 0 Å². The van der Waals surface area contributed by atoms with Gasteiger partial charge in [0.2, 0.25) is 0 Å². The van der Waals surface area contributed by atoms with Crippen LogP contribution in [0.15, 0.2) is 29.8 Å². The molecule has 8 nitrogen and oxygen atoms in total. The minimum atomic E-state index is -1.98. The standard InChI is InChI=1S/C12H8O8/c13-9(14)6-4-2-1-3-5(6)7(10(15)16)8(11(17)18)12(19)20/h1-4H,(H,13,14)(H,15,16)(H,17,18)(H,19,20). The second-order valence-electron chi connectivity index (χ2n) is 3.52. The average molecular weight is 280 g/mol. The number of carbonyl (C=O) groups is 4. The lowest BCUT2D eigenvalue weighted by molar-refractivity contribution is -0.141. The lowest BCUT2D eigenvalue weighted by atomic mass is 9.95. The first-order chi connectivity index (χ1) is 9.27. The zero-order valence-electron chi connectivity index (χ0n) is 9.73. The third kappa shape index (κ3) is 2.80. The molecule has 20 heavy (non-hydrogen) atoms. The topological polar surface area (TPSA) is 149 Å². The molecule has 0 aliphatic rings. The molecule has 1 rings (SSSR count). The predicted octanol–water partition coefficient (Wildman–Crippen LogP) is 0.392. The summed E-state index contributed by atoms with van der Waals surface area (Å²) in [6.07, 6.45) is 0. The van der Waals surface area contributed by atoms with E-state index in [1.165, 1.54) is 12.1 Å². The highest BCUT2D eigenvalue weighted by atomic mass is 16.4. The summed E-state index contributed by atoms with van der Waals surface area (Å²) in [4.78, 5) is 43.9. The number of aliphatic carboxylic acids is 3. The molecule has 0 aromatic heterocycles. The van der Waals surface area contributed by atoms with Gasteiger partial charge in [-0.05, 0) is 6.07 Å². The van der Waals surface area contributed by atoms with Gasteiger partial charge in [-0.15, -0.1) is 0 Å². The monoisotopic (exact) mass is 280 g/mol. The molecule has 0 aliphatic heterocycles. The number of aromatic carboxylic acids is 1. The molecule has 0 saturated carbocycles. The van der Waals surface area contributed by atoms with Gasteiger partial charge in [-0.1, -0.05) is 18.2 Å². The number of hydrogen-bond acceptors (Lipinski definition) is 4. The fraction of sp³-hybridized carbons (Fsp3) is 0. The largest absolute Gasteiger partial charge is 0.478 e. The molecule has 0 bridgehead atoms. The molecule has 0 unspecified atom stereocenters. The number of carboxylic acids is 4. The zero-order chi connectivity index (χ0) is 15.4. The molecular weight excluding hydrogens is 272 g/mol. The van der Waals surface area contributed by atoms with Crippen LogP contribution in [0.25, 0.3) is 5.57 Å². The van der Waals surface area contributed by atoms with Gasteiger partial charge < -0.3 is 20.4 Å². The van der Waals surface area contributed by atoms with Crippen LogP contribution in [0.3, 0.4) is 0 Å². The molecule has 0 radical (unpaired) electrons. The van der Waals surface area contributed by atoms with Gasteiger partial charge in [-0.3, -0.25) is 0 Å². The summed E-state index contributed by atoms with van der Waals surface area (Å²) < 4.78 is 0. The molecule has 1 aromatic rings. The highest BCUT2D eigenvalue weighted by Gasteiger charge is 2.30. The Morgan fingerprint density at radius 2 is 1.15 bits per heavy atom. The van der Waals surface area contributed by atoms with E-state index in [0.717, 1.165) is 12.1 Å². The van der Waals surface area contributed by atoms with Gasteiger partial charge in [0, 0.05) is 5.56 Å². The molecule has 0 spiro atoms. The van der Waals surface area contributed by atoms with Crippen LogP contribution in [-0.4, -0.2) is 44.3 Å². The first kappa shape index (κ1) is 14.9. The molecule has 0 saturated heterocycles. The lowest BCUT2D eigenvalue weighted by Crippen LogP contribution is -2.19. The van der Waals surface area contributed by atoms with Crippen molar-refractivity contribution < 1.29 is 39.6 Å². The first-order valence-corrected chi connectivity index (χ1v) is 5.04. The van der Waals surface area contributed by atoms with Gasteiger partial charge in [-0.2, -0.15) is 0 Å². The Morgan fingerprint density at radius 1 is 0.700 bits per heavy atom. The summed E-state index contributed by atoms with van der Waals surface area (Å²) in [5.74, 6) is -7.31. The molecule has 4 N–H and O–H groups in total. The normalized spacial score (nSPS) is 9.60. The molecule has 8 heteroatoms. The Bertz CT molecular complexity index is 625. The van der Waals surface area contributed by atoms with Crippen molar-refractivity contribution in [2.24, 2.45) is 0 Å². The van der Waals surface area contributed by atoms with E-state index in [0.29, 0.717) is 0 Å². The van der Waals surface area contributed by atoms with Gasteiger partial charge in [0.15, 0.2) is 5.57 Å². The maximum Gasteiger partial charge on any atom is 0.344 e. The lowest BCUT2D eigenvalue weighted by Gasteiger charge is -2.08. The maximum atomic E-state index is 11.1. The smallest absolute Gasteiger partial charge is 0.344 e. The van der Waals surface area contributed by atoms with E-state index < -0.39 is 46.2 Å². The van der Waals surface area contributed by atoms with Gasteiger partial charge in [0.1, 0.15) is 0 Å². The van der Waals surface area contributed by atoms with Gasteiger partial charge in [0.25, 0.3) is 0 Å². The SMILES string of the molecule is O=C(O)C(C(=O)O)=C(C(=O)O)c1ccccc1C(=O)O.